The van der Waals surface area contributed by atoms with E-state index >= 15 is 0 Å². The highest BCUT2D eigenvalue weighted by atomic mass is 32.1. The molecule has 0 saturated carbocycles. The van der Waals surface area contributed by atoms with Gasteiger partial charge in [-0.15, -0.1) is 0 Å². The zero-order valence-electron chi connectivity index (χ0n) is 8.20. The number of hydrogen-bond acceptors (Lipinski definition) is 3. The van der Waals surface area contributed by atoms with Crippen molar-refractivity contribution in [1.29, 1.82) is 0 Å². The van der Waals surface area contributed by atoms with E-state index < -0.39 is 0 Å². The largest absolute Gasteiger partial charge is 0.366 e. The predicted molar refractivity (Wildman–Crippen MR) is 64.5 cm³/mol. The molecule has 4 N–H and O–H groups in total. The summed E-state index contributed by atoms with van der Waals surface area (Å²) in [6.07, 6.45) is 0.572. The van der Waals surface area contributed by atoms with Crippen LogP contribution in [0.15, 0.2) is 24.3 Å². The number of carbonyl (C=O) groups is 1. The van der Waals surface area contributed by atoms with Gasteiger partial charge in [0.2, 0.25) is 6.41 Å². The molecular weight excluding hydrogens is 212 g/mol. The highest BCUT2D eigenvalue weighted by Gasteiger charge is 1.95. The summed E-state index contributed by atoms with van der Waals surface area (Å²) in [6, 6.07) is 7.32. The van der Waals surface area contributed by atoms with Crippen molar-refractivity contribution >= 4 is 35.1 Å². The lowest BCUT2D eigenvalue weighted by molar-refractivity contribution is -0.109. The van der Waals surface area contributed by atoms with Crippen LogP contribution in [0.4, 0.5) is 11.4 Å². The average molecular weight is 224 g/mol. The molecule has 5 nitrogen and oxygen atoms in total. The standard InChI is InChI=1S/C9H12N4OS/c1-10-9(15)12-7-2-4-8(5-3-7)13-11-6-14/h2-6,13H,1H3,(H,11,14)(H2,10,12,15). The van der Waals surface area contributed by atoms with Crippen molar-refractivity contribution in [2.45, 2.75) is 0 Å². The van der Waals surface area contributed by atoms with Gasteiger partial charge < -0.3 is 10.6 Å². The maximum absolute atomic E-state index is 10.0. The van der Waals surface area contributed by atoms with Crippen LogP contribution in [0.1, 0.15) is 0 Å². The minimum Gasteiger partial charge on any atom is -0.366 e. The van der Waals surface area contributed by atoms with Crippen LogP contribution in [0.2, 0.25) is 0 Å². The van der Waals surface area contributed by atoms with E-state index in [1.54, 1.807) is 7.05 Å². The smallest absolute Gasteiger partial charge is 0.225 e. The van der Waals surface area contributed by atoms with Gasteiger partial charge in [0, 0.05) is 12.7 Å². The first kappa shape index (κ1) is 11.3. The minimum absolute atomic E-state index is 0.557. The second-order valence-corrected chi connectivity index (χ2v) is 3.08. The fourth-order valence-corrected chi connectivity index (χ4v) is 1.06. The van der Waals surface area contributed by atoms with E-state index in [1.165, 1.54) is 0 Å². The van der Waals surface area contributed by atoms with E-state index in [0.29, 0.717) is 11.5 Å². The summed E-state index contributed by atoms with van der Waals surface area (Å²) in [7, 11) is 1.75. The Bertz CT molecular complexity index is 338. The Hall–Kier alpha value is -1.82. The molecule has 0 spiro atoms. The third-order valence-electron chi connectivity index (χ3n) is 1.65. The third-order valence-corrected chi connectivity index (χ3v) is 1.95. The van der Waals surface area contributed by atoms with Crippen LogP contribution in [-0.4, -0.2) is 18.6 Å². The molecule has 0 aliphatic heterocycles. The van der Waals surface area contributed by atoms with Gasteiger partial charge in [-0.1, -0.05) is 0 Å². The number of amides is 1. The van der Waals surface area contributed by atoms with Crippen LogP contribution in [0.25, 0.3) is 0 Å². The molecule has 1 rings (SSSR count). The van der Waals surface area contributed by atoms with Crippen molar-refractivity contribution in [2.24, 2.45) is 0 Å². The minimum atomic E-state index is 0.557. The number of hydrogen-bond donors (Lipinski definition) is 4. The molecule has 0 saturated heterocycles. The van der Waals surface area contributed by atoms with Crippen LogP contribution in [0, 0.1) is 0 Å². The van der Waals surface area contributed by atoms with Gasteiger partial charge in [0.25, 0.3) is 0 Å². The van der Waals surface area contributed by atoms with Crippen LogP contribution in [-0.2, 0) is 4.79 Å². The SMILES string of the molecule is CNC(=S)Nc1ccc(NNC=O)cc1. The van der Waals surface area contributed by atoms with Crippen molar-refractivity contribution < 1.29 is 4.79 Å². The lowest BCUT2D eigenvalue weighted by Crippen LogP contribution is -2.24. The number of thiocarbonyl (C=S) groups is 1. The molecule has 0 aliphatic rings. The normalized spacial score (nSPS) is 8.87. The molecule has 0 bridgehead atoms. The number of hydrazine groups is 1. The Morgan fingerprint density at radius 1 is 1.27 bits per heavy atom. The van der Waals surface area contributed by atoms with Gasteiger partial charge >= 0.3 is 0 Å². The summed E-state index contributed by atoms with van der Waals surface area (Å²) < 4.78 is 0. The topological polar surface area (TPSA) is 65.2 Å². The first-order chi connectivity index (χ1) is 7.26. The molecule has 1 aromatic carbocycles. The lowest BCUT2D eigenvalue weighted by Gasteiger charge is -2.08. The molecule has 0 unspecified atom stereocenters. The van der Waals surface area contributed by atoms with E-state index in [1.807, 2.05) is 24.3 Å². The van der Waals surface area contributed by atoms with Gasteiger partial charge in [-0.3, -0.25) is 15.6 Å². The molecular formula is C9H12N4OS. The fraction of sp³-hybridized carbons (Fsp3) is 0.111. The molecule has 1 amide bonds. The summed E-state index contributed by atoms with van der Waals surface area (Å²) in [5, 5.41) is 6.34. The van der Waals surface area contributed by atoms with E-state index in [2.05, 4.69) is 21.5 Å². The summed E-state index contributed by atoms with van der Waals surface area (Å²) in [6.45, 7) is 0. The quantitative estimate of drug-likeness (QED) is 0.344. The molecule has 0 fully saturated rings. The monoisotopic (exact) mass is 224 g/mol. The maximum atomic E-state index is 10.0. The second-order valence-electron chi connectivity index (χ2n) is 2.67. The van der Waals surface area contributed by atoms with Gasteiger partial charge in [-0.2, -0.15) is 0 Å². The van der Waals surface area contributed by atoms with Gasteiger partial charge in [-0.25, -0.2) is 0 Å². The summed E-state index contributed by atoms with van der Waals surface area (Å²) in [5.41, 5.74) is 6.72. The molecule has 6 heteroatoms. The zero-order valence-corrected chi connectivity index (χ0v) is 9.02. The van der Waals surface area contributed by atoms with Crippen molar-refractivity contribution in [3.8, 4) is 0 Å². The maximum Gasteiger partial charge on any atom is 0.225 e. The number of benzene rings is 1. The van der Waals surface area contributed by atoms with Crippen molar-refractivity contribution in [2.75, 3.05) is 17.8 Å². The first-order valence-electron chi connectivity index (χ1n) is 4.30. The summed E-state index contributed by atoms with van der Waals surface area (Å²) in [4.78, 5) is 10.0. The Morgan fingerprint density at radius 3 is 2.40 bits per heavy atom. The van der Waals surface area contributed by atoms with Gasteiger partial charge in [-0.05, 0) is 36.5 Å². The van der Waals surface area contributed by atoms with E-state index in [-0.39, 0.29) is 0 Å². The molecule has 80 valence electrons. The van der Waals surface area contributed by atoms with Crippen LogP contribution in [0.3, 0.4) is 0 Å². The number of rotatable bonds is 4. The molecule has 0 heterocycles. The van der Waals surface area contributed by atoms with Gasteiger partial charge in [0.15, 0.2) is 5.11 Å². The third kappa shape index (κ3) is 3.82. The molecule has 0 radical (unpaired) electrons. The van der Waals surface area contributed by atoms with Crippen molar-refractivity contribution in [3.63, 3.8) is 0 Å². The Balaban J connectivity index is 2.55. The first-order valence-corrected chi connectivity index (χ1v) is 4.71. The zero-order chi connectivity index (χ0) is 11.1. The summed E-state index contributed by atoms with van der Waals surface area (Å²) >= 11 is 4.94. The molecule has 15 heavy (non-hydrogen) atoms. The molecule has 1 aromatic rings. The average Bonchev–Trinajstić information content (AvgIpc) is 2.28. The Morgan fingerprint density at radius 2 is 1.87 bits per heavy atom. The van der Waals surface area contributed by atoms with Crippen LogP contribution < -0.4 is 21.5 Å². The molecule has 0 aliphatic carbocycles. The predicted octanol–water partition coefficient (Wildman–Crippen LogP) is 0.676. The number of nitrogens with one attached hydrogen (secondary N) is 4. The van der Waals surface area contributed by atoms with Crippen LogP contribution in [0.5, 0.6) is 0 Å². The Labute approximate surface area is 93.2 Å². The van der Waals surface area contributed by atoms with Crippen molar-refractivity contribution in [3.05, 3.63) is 24.3 Å². The van der Waals surface area contributed by atoms with E-state index in [0.717, 1.165) is 11.4 Å². The number of carbonyl (C=O) groups excluding carboxylic acids is 1. The fourth-order valence-electron chi connectivity index (χ4n) is 0.943. The highest BCUT2D eigenvalue weighted by molar-refractivity contribution is 7.80. The van der Waals surface area contributed by atoms with E-state index in [4.69, 9.17) is 12.2 Å². The Kier molecular flexibility index (Phi) is 4.36. The molecule has 0 aromatic heterocycles. The number of anilines is 2. The lowest BCUT2D eigenvalue weighted by atomic mass is 10.3. The second kappa shape index (κ2) is 5.82. The van der Waals surface area contributed by atoms with Crippen LogP contribution >= 0.6 is 12.2 Å². The van der Waals surface area contributed by atoms with E-state index in [9.17, 15) is 4.79 Å². The van der Waals surface area contributed by atoms with Gasteiger partial charge in [0.1, 0.15) is 0 Å². The van der Waals surface area contributed by atoms with Gasteiger partial charge in [0.05, 0.1) is 5.69 Å². The van der Waals surface area contributed by atoms with Crippen molar-refractivity contribution in [1.82, 2.24) is 10.7 Å². The highest BCUT2D eigenvalue weighted by Crippen LogP contribution is 2.12. The summed E-state index contributed by atoms with van der Waals surface area (Å²) in [5.74, 6) is 0. The molecule has 0 atom stereocenters.